The van der Waals surface area contributed by atoms with Crippen LogP contribution in [-0.2, 0) is 26.5 Å². The number of hydrogen-bond donors (Lipinski definition) is 1. The van der Waals surface area contributed by atoms with Crippen molar-refractivity contribution in [3.63, 3.8) is 0 Å². The number of fused-ring (bicyclic) bond motifs is 4. The first-order valence-electron chi connectivity index (χ1n) is 11.6. The molecule has 3 aliphatic rings. The molecule has 0 radical (unpaired) electrons. The van der Waals surface area contributed by atoms with Gasteiger partial charge in [-0.2, -0.15) is 4.31 Å². The second-order valence-corrected chi connectivity index (χ2v) is 13.1. The van der Waals surface area contributed by atoms with Crippen LogP contribution in [-0.4, -0.2) is 76.9 Å². The quantitative estimate of drug-likeness (QED) is 0.564. The monoisotopic (exact) mass is 485 g/mol. The fraction of sp³-hybridized carbons (Fsp3) is 0.727. The molecule has 2 fully saturated rings. The lowest BCUT2D eigenvalue weighted by molar-refractivity contribution is 0.0219. The standard InChI is InChI=1S/C22H35N3O5S2/c1-3-30-19-7-8-20-17(14-19)9-12-24-16-18-6-4-11-25(21(18)15-22(20)24)32(28,29)13-5-10-23-31(2,26)27/h7-8,14,18,21-23H,3-6,9-13,15-16H2,1-2H3/t18-,21+,22-/m0/s1. The summed E-state index contributed by atoms with van der Waals surface area (Å²) in [4.78, 5) is 2.54. The molecule has 180 valence electrons. The SMILES string of the molecule is CCOc1ccc2c(c1)CCN1C[C@@H]3CCCN(S(=O)(=O)CCCNS(C)(=O)=O)[C@@H]3C[C@@H]21. The summed E-state index contributed by atoms with van der Waals surface area (Å²) in [6, 6.07) is 6.58. The molecular formula is C22H35N3O5S2. The molecule has 3 aliphatic heterocycles. The maximum atomic E-state index is 13.2. The van der Waals surface area contributed by atoms with E-state index >= 15 is 0 Å². The molecule has 4 rings (SSSR count). The molecule has 0 unspecified atom stereocenters. The number of sulfonamides is 2. The Kier molecular flexibility index (Phi) is 7.17. The number of benzene rings is 1. The number of nitrogens with zero attached hydrogens (tertiary/aromatic N) is 2. The molecule has 2 saturated heterocycles. The van der Waals surface area contributed by atoms with Gasteiger partial charge in [0, 0.05) is 38.3 Å². The van der Waals surface area contributed by atoms with Gasteiger partial charge >= 0.3 is 0 Å². The van der Waals surface area contributed by atoms with Gasteiger partial charge in [-0.15, -0.1) is 0 Å². The van der Waals surface area contributed by atoms with Crippen molar-refractivity contribution in [2.24, 2.45) is 5.92 Å². The Morgan fingerprint density at radius 1 is 1.19 bits per heavy atom. The molecule has 0 aromatic heterocycles. The van der Waals surface area contributed by atoms with E-state index in [2.05, 4.69) is 21.8 Å². The Morgan fingerprint density at radius 2 is 2.00 bits per heavy atom. The largest absolute Gasteiger partial charge is 0.494 e. The van der Waals surface area contributed by atoms with Crippen molar-refractivity contribution in [1.29, 1.82) is 0 Å². The molecular weight excluding hydrogens is 450 g/mol. The molecule has 0 aliphatic carbocycles. The highest BCUT2D eigenvalue weighted by molar-refractivity contribution is 7.89. The summed E-state index contributed by atoms with van der Waals surface area (Å²) in [6.45, 7) is 5.27. The first kappa shape index (κ1) is 23.9. The third-order valence-corrected chi connectivity index (χ3v) is 9.70. The van der Waals surface area contributed by atoms with Crippen LogP contribution in [0.25, 0.3) is 0 Å². The van der Waals surface area contributed by atoms with E-state index < -0.39 is 20.0 Å². The van der Waals surface area contributed by atoms with E-state index in [9.17, 15) is 16.8 Å². The average Bonchev–Trinajstić information content (AvgIpc) is 2.74. The summed E-state index contributed by atoms with van der Waals surface area (Å²) in [7, 11) is -6.75. The van der Waals surface area contributed by atoms with Crippen LogP contribution in [0.5, 0.6) is 5.75 Å². The molecule has 1 aromatic carbocycles. The number of hydrogen-bond acceptors (Lipinski definition) is 6. The normalized spacial score (nSPS) is 26.8. The van der Waals surface area contributed by atoms with Crippen LogP contribution < -0.4 is 9.46 Å². The fourth-order valence-corrected chi connectivity index (χ4v) is 7.96. The third kappa shape index (κ3) is 5.30. The Hall–Kier alpha value is -1.20. The lowest BCUT2D eigenvalue weighted by Gasteiger charge is -2.51. The van der Waals surface area contributed by atoms with E-state index in [-0.39, 0.29) is 30.8 Å². The zero-order valence-corrected chi connectivity index (χ0v) is 20.6. The van der Waals surface area contributed by atoms with E-state index in [1.54, 1.807) is 4.31 Å². The number of ether oxygens (including phenoxy) is 1. The smallest absolute Gasteiger partial charge is 0.214 e. The van der Waals surface area contributed by atoms with Gasteiger partial charge in [-0.05, 0) is 68.2 Å². The highest BCUT2D eigenvalue weighted by Crippen LogP contribution is 2.44. The minimum Gasteiger partial charge on any atom is -0.494 e. The molecule has 10 heteroatoms. The maximum absolute atomic E-state index is 13.2. The molecule has 0 bridgehead atoms. The summed E-state index contributed by atoms with van der Waals surface area (Å²) in [6.07, 6.45) is 5.12. The second-order valence-electron chi connectivity index (χ2n) is 9.21. The van der Waals surface area contributed by atoms with Crippen molar-refractivity contribution in [3.8, 4) is 5.75 Å². The minimum absolute atomic E-state index is 0.00962. The average molecular weight is 486 g/mol. The molecule has 32 heavy (non-hydrogen) atoms. The van der Waals surface area contributed by atoms with Crippen molar-refractivity contribution in [2.75, 3.05) is 44.8 Å². The second kappa shape index (κ2) is 9.58. The van der Waals surface area contributed by atoms with Gasteiger partial charge in [-0.3, -0.25) is 4.90 Å². The van der Waals surface area contributed by atoms with Gasteiger partial charge < -0.3 is 4.74 Å². The Balaban J connectivity index is 1.49. The fourth-order valence-electron chi connectivity index (χ4n) is 5.62. The molecule has 0 spiro atoms. The Bertz CT molecular complexity index is 1030. The van der Waals surface area contributed by atoms with Gasteiger partial charge in [-0.25, -0.2) is 21.6 Å². The zero-order chi connectivity index (χ0) is 22.9. The van der Waals surface area contributed by atoms with Crippen LogP contribution in [0.1, 0.15) is 49.8 Å². The van der Waals surface area contributed by atoms with E-state index in [1.165, 1.54) is 11.1 Å². The van der Waals surface area contributed by atoms with E-state index in [4.69, 9.17) is 4.74 Å². The van der Waals surface area contributed by atoms with Gasteiger partial charge in [0.1, 0.15) is 5.75 Å². The first-order chi connectivity index (χ1) is 15.2. The van der Waals surface area contributed by atoms with E-state index in [0.717, 1.165) is 50.8 Å². The zero-order valence-electron chi connectivity index (χ0n) is 19.0. The molecule has 0 amide bonds. The van der Waals surface area contributed by atoms with Crippen LogP contribution in [0.15, 0.2) is 18.2 Å². The summed E-state index contributed by atoms with van der Waals surface area (Å²) in [5, 5.41) is 0. The van der Waals surface area contributed by atoms with Gasteiger partial charge in [0.2, 0.25) is 20.0 Å². The highest BCUT2D eigenvalue weighted by Gasteiger charge is 2.45. The van der Waals surface area contributed by atoms with Crippen molar-refractivity contribution >= 4 is 20.0 Å². The predicted molar refractivity (Wildman–Crippen MR) is 125 cm³/mol. The van der Waals surface area contributed by atoms with Gasteiger partial charge in [0.15, 0.2) is 0 Å². The molecule has 3 atom stereocenters. The predicted octanol–water partition coefficient (Wildman–Crippen LogP) is 1.74. The summed E-state index contributed by atoms with van der Waals surface area (Å²) in [5.41, 5.74) is 2.62. The van der Waals surface area contributed by atoms with Gasteiger partial charge in [0.25, 0.3) is 0 Å². The Labute approximate surface area is 192 Å². The minimum atomic E-state index is -3.44. The topological polar surface area (TPSA) is 96.0 Å². The lowest BCUT2D eigenvalue weighted by Crippen LogP contribution is -2.57. The molecule has 3 heterocycles. The maximum Gasteiger partial charge on any atom is 0.214 e. The van der Waals surface area contributed by atoms with Gasteiger partial charge in [0.05, 0.1) is 18.6 Å². The van der Waals surface area contributed by atoms with Crippen molar-refractivity contribution in [2.45, 2.75) is 51.1 Å². The molecule has 1 N–H and O–H groups in total. The van der Waals surface area contributed by atoms with Crippen LogP contribution in [0.3, 0.4) is 0 Å². The molecule has 8 nitrogen and oxygen atoms in total. The van der Waals surface area contributed by atoms with Gasteiger partial charge in [-0.1, -0.05) is 6.07 Å². The van der Waals surface area contributed by atoms with Crippen LogP contribution in [0.2, 0.25) is 0 Å². The number of rotatable bonds is 8. The lowest BCUT2D eigenvalue weighted by atomic mass is 9.77. The van der Waals surface area contributed by atoms with Crippen LogP contribution in [0, 0.1) is 5.92 Å². The van der Waals surface area contributed by atoms with Crippen molar-refractivity contribution in [1.82, 2.24) is 13.9 Å². The number of piperidine rings is 2. The van der Waals surface area contributed by atoms with E-state index in [0.29, 0.717) is 19.1 Å². The first-order valence-corrected chi connectivity index (χ1v) is 15.1. The number of nitrogens with one attached hydrogen (secondary N) is 1. The summed E-state index contributed by atoms with van der Waals surface area (Å²) in [5.74, 6) is 1.23. The highest BCUT2D eigenvalue weighted by atomic mass is 32.2. The third-order valence-electron chi connectivity index (χ3n) is 7.00. The van der Waals surface area contributed by atoms with Crippen molar-refractivity contribution in [3.05, 3.63) is 29.3 Å². The van der Waals surface area contributed by atoms with Crippen LogP contribution >= 0.6 is 0 Å². The van der Waals surface area contributed by atoms with E-state index in [1.807, 2.05) is 13.0 Å². The van der Waals surface area contributed by atoms with Crippen molar-refractivity contribution < 1.29 is 21.6 Å². The molecule has 1 aromatic rings. The molecule has 0 saturated carbocycles. The van der Waals surface area contributed by atoms with Crippen LogP contribution in [0.4, 0.5) is 0 Å². The summed E-state index contributed by atoms with van der Waals surface area (Å²) >= 11 is 0. The Morgan fingerprint density at radius 3 is 2.75 bits per heavy atom. The summed E-state index contributed by atoms with van der Waals surface area (Å²) < 4.78 is 58.7.